The fraction of sp³-hybridized carbons (Fsp3) is 0.273. The molecule has 0 aliphatic carbocycles. The van der Waals surface area contributed by atoms with Gasteiger partial charge in [0.15, 0.2) is 5.78 Å². The van der Waals surface area contributed by atoms with Crippen molar-refractivity contribution < 1.29 is 66.1 Å². The van der Waals surface area contributed by atoms with Crippen molar-refractivity contribution in [1.82, 2.24) is 34.9 Å². The number of aliphatic imine (C=N–C) groups is 1. The quantitative estimate of drug-likeness (QED) is 0.0200. The number of Topliss-reactive ketones (excluding diaryl/α,β-unsaturated/α-hetero) is 1. The van der Waals surface area contributed by atoms with E-state index in [0.29, 0.717) is 47.3 Å². The molecule has 16 rings (SSSR count). The number of carbonyl (C=O) groups excluding carboxylic acids is 6. The van der Waals surface area contributed by atoms with Crippen LogP contribution in [0.2, 0.25) is 0 Å². The maximum absolute atomic E-state index is 13.9. The Morgan fingerprint density at radius 3 is 1.25 bits per heavy atom. The zero-order valence-electron chi connectivity index (χ0n) is 71.2. The standard InChI is InChI=1S/C35H34FN5O4.C21H28FN3O.C21H26FN3O.C14H8N2O4.C8H8O/c1-45-32-23-27(36)9-11-31(32)39-20-18-38(19-21-39)16-5-17-40(24-25-6-3-2-4-7-25)33(42)26-8-10-29-30(22-26)35(44)41(34(29)43)28-12-14-37-15-13-28;2*1-26-21-16-19(22)8-9-20(21)25-14-12-24(13-15-25)11-5-10-23-17-18-6-3-2-4-7-18;17-12-10-2-1-8(14(19)20)7-11(10)13(18)16(12)9-3-5-15-6-4-9;1-7(9)8-5-3-2-4-6-8/h2-4,6-15,22-23H,5,16-21,24H2,1H3;2-4,6-9,16,23H,5,10-15,17H2,1H3;2-4,6-9,16-17H,5,10-15H2,1H3;1-7H,(H,19,20);2-6H,1H3. The average molecular weight is 1710 g/mol. The van der Waals surface area contributed by atoms with Crippen LogP contribution < -0.4 is 44.0 Å². The molecule has 5 aliphatic rings. The number of pyridine rings is 2. The minimum Gasteiger partial charge on any atom is -0.494 e. The van der Waals surface area contributed by atoms with Gasteiger partial charge in [0, 0.05) is 172 Å². The third kappa shape index (κ3) is 25.0. The van der Waals surface area contributed by atoms with Gasteiger partial charge in [-0.05, 0) is 160 Å². The number of carboxylic acids is 1. The van der Waals surface area contributed by atoms with Gasteiger partial charge in [-0.2, -0.15) is 0 Å². The molecule has 0 saturated carbocycles. The Morgan fingerprint density at radius 2 is 0.825 bits per heavy atom. The Bertz CT molecular complexity index is 5480. The van der Waals surface area contributed by atoms with Crippen molar-refractivity contribution in [2.24, 2.45) is 4.99 Å². The fourth-order valence-corrected chi connectivity index (χ4v) is 15.3. The summed E-state index contributed by atoms with van der Waals surface area (Å²) in [7, 11) is 4.73. The number of methoxy groups -OCH3 is 3. The number of aromatic nitrogens is 2. The Balaban J connectivity index is 0.000000154. The van der Waals surface area contributed by atoms with Crippen LogP contribution in [0, 0.1) is 17.5 Å². The molecule has 652 valence electrons. The zero-order chi connectivity index (χ0) is 88.7. The molecule has 0 spiro atoms. The highest BCUT2D eigenvalue weighted by Crippen LogP contribution is 2.35. The highest BCUT2D eigenvalue weighted by atomic mass is 19.1. The van der Waals surface area contributed by atoms with Crippen molar-refractivity contribution >= 4 is 75.9 Å². The van der Waals surface area contributed by atoms with Crippen LogP contribution in [0.5, 0.6) is 17.2 Å². The monoisotopic (exact) mass is 1710 g/mol. The number of fused-ring (bicyclic) bond motifs is 2. The van der Waals surface area contributed by atoms with Crippen LogP contribution in [0.15, 0.2) is 266 Å². The molecule has 2 aromatic heterocycles. The summed E-state index contributed by atoms with van der Waals surface area (Å²) in [5.41, 5.74) is 9.09. The molecule has 24 nitrogen and oxygen atoms in total. The number of piperazine rings is 3. The molecule has 11 aromatic rings. The van der Waals surface area contributed by atoms with Gasteiger partial charge in [-0.15, -0.1) is 0 Å². The number of imide groups is 2. The van der Waals surface area contributed by atoms with E-state index >= 15 is 0 Å². The lowest BCUT2D eigenvalue weighted by Crippen LogP contribution is -2.47. The molecule has 9 aromatic carbocycles. The van der Waals surface area contributed by atoms with Gasteiger partial charge >= 0.3 is 5.97 Å². The van der Waals surface area contributed by atoms with Crippen LogP contribution in [-0.2, 0) is 13.1 Å². The van der Waals surface area contributed by atoms with Crippen molar-refractivity contribution in [3.63, 3.8) is 0 Å². The van der Waals surface area contributed by atoms with Crippen LogP contribution in [0.3, 0.4) is 0 Å². The lowest BCUT2D eigenvalue weighted by molar-refractivity contribution is 0.0693. The molecule has 7 heterocycles. The number of nitrogens with zero attached hydrogens (tertiary/aromatic N) is 12. The molecule has 0 bridgehead atoms. The number of ketones is 1. The number of halogens is 3. The first-order chi connectivity index (χ1) is 61.3. The SMILES string of the molecule is CC(=O)c1ccccc1.COc1cc(F)ccc1N1CCN(CCCN(Cc2ccccc2)C(=O)c2ccc3c(c2)C(=O)N(c2ccncc2)C3=O)CC1.COc1cc(F)ccc1N1CCN(CCCN=Cc2ccccc2)CC1.COc1cc(F)ccc1N1CCN(CCCNCc2ccccc2)CC1.O=C(O)c1ccc2c(c1)C(=O)N(c1ccncc1)C2=O. The van der Waals surface area contributed by atoms with Gasteiger partial charge in [-0.3, -0.25) is 58.4 Å². The second kappa shape index (κ2) is 46.1. The van der Waals surface area contributed by atoms with Gasteiger partial charge in [0.25, 0.3) is 29.5 Å². The van der Waals surface area contributed by atoms with E-state index < -0.39 is 29.6 Å². The number of anilines is 5. The Kier molecular flexibility index (Phi) is 33.5. The van der Waals surface area contributed by atoms with Gasteiger partial charge in [-0.25, -0.2) is 27.8 Å². The van der Waals surface area contributed by atoms with Crippen LogP contribution in [0.25, 0.3) is 0 Å². The number of carboxylic acid groups (broad SMARTS) is 1. The summed E-state index contributed by atoms with van der Waals surface area (Å²) in [6, 6.07) is 68.8. The predicted octanol–water partition coefficient (Wildman–Crippen LogP) is 15.0. The summed E-state index contributed by atoms with van der Waals surface area (Å²) in [6.45, 7) is 19.3. The van der Waals surface area contributed by atoms with Crippen molar-refractivity contribution in [2.45, 2.75) is 39.3 Å². The maximum atomic E-state index is 13.9. The smallest absolute Gasteiger partial charge is 0.335 e. The van der Waals surface area contributed by atoms with Crippen LogP contribution in [0.1, 0.15) is 115 Å². The lowest BCUT2D eigenvalue weighted by atomic mass is 10.0. The number of benzene rings is 9. The van der Waals surface area contributed by atoms with Gasteiger partial charge in [0.2, 0.25) is 0 Å². The summed E-state index contributed by atoms with van der Waals surface area (Å²) in [4.78, 5) is 117. The Labute approximate surface area is 732 Å². The van der Waals surface area contributed by atoms with E-state index in [4.69, 9.17) is 19.3 Å². The third-order valence-electron chi connectivity index (χ3n) is 22.1. The van der Waals surface area contributed by atoms with Crippen LogP contribution >= 0.6 is 0 Å². The molecule has 5 amide bonds. The summed E-state index contributed by atoms with van der Waals surface area (Å²) >= 11 is 0. The van der Waals surface area contributed by atoms with Gasteiger partial charge < -0.3 is 44.2 Å². The number of rotatable bonds is 28. The number of ether oxygens (including phenoxy) is 3. The Morgan fingerprint density at radius 1 is 0.437 bits per heavy atom. The number of aromatic carboxylic acids is 1. The molecule has 27 heteroatoms. The first kappa shape index (κ1) is 91.5. The molecule has 0 radical (unpaired) electrons. The first-order valence-electron chi connectivity index (χ1n) is 42.0. The number of carbonyl (C=O) groups is 7. The number of hydrogen-bond acceptors (Lipinski definition) is 20. The van der Waals surface area contributed by atoms with E-state index in [1.807, 2.05) is 103 Å². The number of amides is 5. The van der Waals surface area contributed by atoms with Crippen LogP contribution in [0.4, 0.5) is 41.6 Å². The summed E-state index contributed by atoms with van der Waals surface area (Å²) in [5.74, 6) is -2.18. The largest absolute Gasteiger partial charge is 0.494 e. The van der Waals surface area contributed by atoms with Crippen molar-refractivity contribution in [3.8, 4) is 17.2 Å². The highest BCUT2D eigenvalue weighted by molar-refractivity contribution is 6.35. The van der Waals surface area contributed by atoms with E-state index in [9.17, 15) is 46.7 Å². The van der Waals surface area contributed by atoms with E-state index in [0.717, 1.165) is 181 Å². The minimum atomic E-state index is -1.14. The lowest BCUT2D eigenvalue weighted by Gasteiger charge is -2.37. The number of hydrogen-bond donors (Lipinski definition) is 2. The van der Waals surface area contributed by atoms with Gasteiger partial charge in [0.05, 0.1) is 77.6 Å². The minimum absolute atomic E-state index is 0.0264. The zero-order valence-corrected chi connectivity index (χ0v) is 71.2. The molecule has 3 fully saturated rings. The van der Waals surface area contributed by atoms with E-state index in [1.165, 1.54) is 84.9 Å². The number of nitrogens with one attached hydrogen (secondary N) is 1. The molecule has 5 aliphatic heterocycles. The third-order valence-corrected chi connectivity index (χ3v) is 22.1. The summed E-state index contributed by atoms with van der Waals surface area (Å²) in [5, 5.41) is 12.4. The van der Waals surface area contributed by atoms with Gasteiger partial charge in [0.1, 0.15) is 34.7 Å². The normalized spacial score (nSPS) is 14.5. The van der Waals surface area contributed by atoms with Gasteiger partial charge in [-0.1, -0.05) is 121 Å². The van der Waals surface area contributed by atoms with Crippen molar-refractivity contribution in [3.05, 3.63) is 334 Å². The molecule has 0 unspecified atom stereocenters. The maximum Gasteiger partial charge on any atom is 0.335 e. The molecular formula is C99H104F3N13O11. The molecular weight excluding hydrogens is 1600 g/mol. The summed E-state index contributed by atoms with van der Waals surface area (Å²) in [6.07, 6.45) is 10.9. The van der Waals surface area contributed by atoms with Crippen molar-refractivity contribution in [1.29, 1.82) is 0 Å². The fourth-order valence-electron chi connectivity index (χ4n) is 15.3. The second-order valence-electron chi connectivity index (χ2n) is 30.4. The molecule has 3 saturated heterocycles. The topological polar surface area (TPSA) is 247 Å². The van der Waals surface area contributed by atoms with Crippen LogP contribution in [-0.4, -0.2) is 221 Å². The highest BCUT2D eigenvalue weighted by Gasteiger charge is 2.39. The Hall–Kier alpha value is -13.7. The summed E-state index contributed by atoms with van der Waals surface area (Å²) < 4.78 is 56.4. The molecule has 126 heavy (non-hydrogen) atoms. The first-order valence-corrected chi connectivity index (χ1v) is 42.0. The predicted molar refractivity (Wildman–Crippen MR) is 484 cm³/mol. The van der Waals surface area contributed by atoms with E-state index in [1.54, 1.807) is 81.7 Å². The average Bonchev–Trinajstić information content (AvgIpc) is 1.62. The van der Waals surface area contributed by atoms with E-state index in [2.05, 4.69) is 86.1 Å². The van der Waals surface area contributed by atoms with E-state index in [-0.39, 0.29) is 57.0 Å². The molecule has 0 atom stereocenters. The second-order valence-corrected chi connectivity index (χ2v) is 30.4. The van der Waals surface area contributed by atoms with Crippen molar-refractivity contribution in [2.75, 3.05) is 164 Å². The molecule has 2 N–H and O–H groups in total.